The lowest BCUT2D eigenvalue weighted by molar-refractivity contribution is 1.21. The van der Waals surface area contributed by atoms with Crippen molar-refractivity contribution in [3.05, 3.63) is 52.7 Å². The second-order valence-electron chi connectivity index (χ2n) is 3.57. The van der Waals surface area contributed by atoms with Gasteiger partial charge in [-0.15, -0.1) is 0 Å². The third-order valence-electron chi connectivity index (χ3n) is 2.45. The van der Waals surface area contributed by atoms with Crippen molar-refractivity contribution in [2.75, 3.05) is 0 Å². The fraction of sp³-hybridized carbons (Fsp3) is 0.200. The van der Waals surface area contributed by atoms with E-state index in [4.69, 9.17) is 0 Å². The summed E-state index contributed by atoms with van der Waals surface area (Å²) >= 11 is 0. The molecule has 1 N–H and O–H groups in total. The van der Waals surface area contributed by atoms with Crippen molar-refractivity contribution in [2.45, 2.75) is 20.8 Å². The molecule has 0 aromatic carbocycles. The van der Waals surface area contributed by atoms with Gasteiger partial charge in [0.15, 0.2) is 0 Å². The average molecular weight is 213 g/mol. The van der Waals surface area contributed by atoms with Crippen LogP contribution in [-0.4, -0.2) is 4.98 Å². The highest BCUT2D eigenvalue weighted by molar-refractivity contribution is 5.58. The fourth-order valence-corrected chi connectivity index (χ4v) is 1.66. The Morgan fingerprint density at radius 3 is 2.50 bits per heavy atom. The molecule has 0 aliphatic carbocycles. The Kier molecular flexibility index (Phi) is 4.59. The molecule has 0 unspecified atom stereocenters. The molecule has 0 saturated heterocycles. The maximum Gasteiger partial charge on any atom is 0.0418 e. The molecule has 0 bridgehead atoms. The first-order chi connectivity index (χ1) is 7.74. The Balaban J connectivity index is 3.53. The van der Waals surface area contributed by atoms with Crippen LogP contribution in [0.1, 0.15) is 25.1 Å². The highest BCUT2D eigenvalue weighted by Crippen LogP contribution is 1.99. The van der Waals surface area contributed by atoms with Crippen molar-refractivity contribution < 1.29 is 0 Å². The number of H-pyrrole nitrogens is 1. The van der Waals surface area contributed by atoms with Crippen LogP contribution in [0.5, 0.6) is 0 Å². The predicted octanol–water partition coefficient (Wildman–Crippen LogP) is 2.68. The van der Waals surface area contributed by atoms with E-state index in [0.29, 0.717) is 0 Å². The normalized spacial score (nSPS) is 14.4. The van der Waals surface area contributed by atoms with Crippen molar-refractivity contribution in [3.8, 4) is 0 Å². The molecule has 1 heteroatoms. The zero-order chi connectivity index (χ0) is 12.0. The molecule has 1 aromatic heterocycles. The minimum Gasteiger partial charge on any atom is -0.358 e. The summed E-state index contributed by atoms with van der Waals surface area (Å²) in [6, 6.07) is 0. The van der Waals surface area contributed by atoms with Gasteiger partial charge in [-0.1, -0.05) is 49.1 Å². The molecule has 0 amide bonds. The van der Waals surface area contributed by atoms with E-state index < -0.39 is 0 Å². The summed E-state index contributed by atoms with van der Waals surface area (Å²) in [4.78, 5) is 3.37. The van der Waals surface area contributed by atoms with Gasteiger partial charge in [0.1, 0.15) is 0 Å². The molecular formula is C15H19N. The van der Waals surface area contributed by atoms with Crippen LogP contribution in [0.3, 0.4) is 0 Å². The van der Waals surface area contributed by atoms with Gasteiger partial charge in [0.2, 0.25) is 0 Å². The van der Waals surface area contributed by atoms with Gasteiger partial charge in [0, 0.05) is 21.8 Å². The largest absolute Gasteiger partial charge is 0.358 e. The van der Waals surface area contributed by atoms with Gasteiger partial charge in [-0.2, -0.15) is 0 Å². The Morgan fingerprint density at radius 1 is 1.19 bits per heavy atom. The van der Waals surface area contributed by atoms with Crippen LogP contribution >= 0.6 is 0 Å². The molecule has 0 fully saturated rings. The molecule has 1 rings (SSSR count). The first-order valence-electron chi connectivity index (χ1n) is 5.51. The summed E-state index contributed by atoms with van der Waals surface area (Å²) in [6.45, 7) is 9.84. The summed E-state index contributed by atoms with van der Waals surface area (Å²) < 4.78 is 0. The first kappa shape index (κ1) is 12.3. The monoisotopic (exact) mass is 213 g/mol. The molecule has 0 spiro atoms. The minimum atomic E-state index is 1.17. The summed E-state index contributed by atoms with van der Waals surface area (Å²) in [5.41, 5.74) is 2.41. The Hall–Kier alpha value is -1.76. The quantitative estimate of drug-likeness (QED) is 0.743. The van der Waals surface area contributed by atoms with Gasteiger partial charge in [-0.05, 0) is 20.8 Å². The number of nitrogens with one attached hydrogen (secondary N) is 1. The molecule has 1 aromatic rings. The molecule has 0 atom stereocenters. The fourth-order valence-electron chi connectivity index (χ4n) is 1.66. The molecule has 0 aliphatic heterocycles. The van der Waals surface area contributed by atoms with Crippen molar-refractivity contribution in [3.63, 3.8) is 0 Å². The second kappa shape index (κ2) is 5.96. The van der Waals surface area contributed by atoms with Gasteiger partial charge in [-0.3, -0.25) is 0 Å². The highest BCUT2D eigenvalue weighted by Gasteiger charge is 1.99. The molecule has 16 heavy (non-hydrogen) atoms. The Bertz CT molecular complexity index is 525. The lowest BCUT2D eigenvalue weighted by Crippen LogP contribution is -2.23. The van der Waals surface area contributed by atoms with Gasteiger partial charge in [0.25, 0.3) is 0 Å². The van der Waals surface area contributed by atoms with E-state index >= 15 is 0 Å². The van der Waals surface area contributed by atoms with E-state index in [2.05, 4.69) is 42.8 Å². The first-order valence-corrected chi connectivity index (χ1v) is 5.51. The third kappa shape index (κ3) is 2.63. The topological polar surface area (TPSA) is 15.8 Å². The van der Waals surface area contributed by atoms with Crippen LogP contribution in [-0.2, 0) is 0 Å². The summed E-state index contributed by atoms with van der Waals surface area (Å²) in [5.74, 6) is 0. The van der Waals surface area contributed by atoms with E-state index in [-0.39, 0.29) is 0 Å². The number of aryl methyl sites for hydroxylation is 1. The molecule has 0 saturated carbocycles. The number of aromatic nitrogens is 1. The van der Waals surface area contributed by atoms with Gasteiger partial charge >= 0.3 is 0 Å². The molecule has 0 aliphatic rings. The van der Waals surface area contributed by atoms with Crippen LogP contribution < -0.4 is 10.6 Å². The van der Waals surface area contributed by atoms with Crippen LogP contribution in [0.4, 0.5) is 0 Å². The number of rotatable bonds is 3. The summed E-state index contributed by atoms with van der Waals surface area (Å²) in [5, 5.41) is 2.40. The number of allylic oxidation sites excluding steroid dienone is 4. The molecule has 1 nitrogen and oxygen atoms in total. The van der Waals surface area contributed by atoms with Crippen LogP contribution in [0, 0.1) is 6.92 Å². The second-order valence-corrected chi connectivity index (χ2v) is 3.57. The summed E-state index contributed by atoms with van der Waals surface area (Å²) in [6.07, 6.45) is 14.1. The highest BCUT2D eigenvalue weighted by atomic mass is 14.7. The van der Waals surface area contributed by atoms with Crippen molar-refractivity contribution in [2.24, 2.45) is 0 Å². The van der Waals surface area contributed by atoms with Gasteiger partial charge in [0.05, 0.1) is 0 Å². The zero-order valence-electron chi connectivity index (χ0n) is 10.2. The Labute approximate surface area is 97.2 Å². The standard InChI is InChI=1S/C15H19N/c1-5-8-10-13-12(4)16-15(7-3)14(13)11-9-6-2/h5-11,16H,1H2,2-4H3/b9-6-,10-8-,14-11-,15-7+. The number of aromatic amines is 1. The van der Waals surface area contributed by atoms with Crippen LogP contribution in [0.25, 0.3) is 18.2 Å². The van der Waals surface area contributed by atoms with Gasteiger partial charge < -0.3 is 4.98 Å². The van der Waals surface area contributed by atoms with Gasteiger partial charge in [-0.25, -0.2) is 0 Å². The lowest BCUT2D eigenvalue weighted by atomic mass is 10.1. The van der Waals surface area contributed by atoms with Crippen molar-refractivity contribution in [1.29, 1.82) is 0 Å². The maximum absolute atomic E-state index is 3.70. The number of hydrogen-bond donors (Lipinski definition) is 1. The van der Waals surface area contributed by atoms with Crippen LogP contribution in [0.2, 0.25) is 0 Å². The van der Waals surface area contributed by atoms with Crippen molar-refractivity contribution in [1.82, 2.24) is 4.98 Å². The van der Waals surface area contributed by atoms with E-state index in [9.17, 15) is 0 Å². The van der Waals surface area contributed by atoms with E-state index in [1.54, 1.807) is 6.08 Å². The smallest absolute Gasteiger partial charge is 0.0418 e. The van der Waals surface area contributed by atoms with E-state index in [1.165, 1.54) is 21.8 Å². The SMILES string of the molecule is C=C/C=C\c1c(C)[nH]c(=C/C)/c1=C\C=C/C. The van der Waals surface area contributed by atoms with E-state index in [0.717, 1.165) is 0 Å². The predicted molar refractivity (Wildman–Crippen MR) is 73.4 cm³/mol. The lowest BCUT2D eigenvalue weighted by Gasteiger charge is -1.89. The molecule has 84 valence electrons. The summed E-state index contributed by atoms with van der Waals surface area (Å²) in [7, 11) is 0. The zero-order valence-corrected chi connectivity index (χ0v) is 10.2. The minimum absolute atomic E-state index is 1.17. The van der Waals surface area contributed by atoms with Crippen LogP contribution in [0.15, 0.2) is 30.9 Å². The third-order valence-corrected chi connectivity index (χ3v) is 2.45. The molecule has 1 heterocycles. The molecule has 0 radical (unpaired) electrons. The van der Waals surface area contributed by atoms with E-state index in [1.807, 2.05) is 26.0 Å². The average Bonchev–Trinajstić information content (AvgIpc) is 2.60. The Morgan fingerprint density at radius 2 is 1.94 bits per heavy atom. The molecular weight excluding hydrogens is 194 g/mol. The van der Waals surface area contributed by atoms with Crippen molar-refractivity contribution >= 4 is 18.2 Å². The maximum atomic E-state index is 3.70. The number of hydrogen-bond acceptors (Lipinski definition) is 0.